The van der Waals surface area contributed by atoms with Crippen LogP contribution in [0.5, 0.6) is 0 Å². The van der Waals surface area contributed by atoms with E-state index in [-0.39, 0.29) is 16.8 Å². The van der Waals surface area contributed by atoms with Crippen LogP contribution in [0, 0.1) is 0 Å². The van der Waals surface area contributed by atoms with Crippen molar-refractivity contribution in [1.82, 2.24) is 4.90 Å². The number of aromatic carboxylic acids is 1. The Morgan fingerprint density at radius 2 is 1.95 bits per heavy atom. The number of carbonyl (C=O) groups is 2. The first-order valence-electron chi connectivity index (χ1n) is 5.64. The van der Waals surface area contributed by atoms with Crippen molar-refractivity contribution < 1.29 is 14.7 Å². The molecule has 0 aliphatic carbocycles. The second-order valence-corrected chi connectivity index (χ2v) is 6.14. The summed E-state index contributed by atoms with van der Waals surface area (Å²) in [6, 6.07) is 6.93. The van der Waals surface area contributed by atoms with E-state index in [0.29, 0.717) is 4.88 Å². The molecule has 0 aliphatic heterocycles. The maximum absolute atomic E-state index is 12.3. The van der Waals surface area contributed by atoms with Crippen LogP contribution in [0.3, 0.4) is 0 Å². The van der Waals surface area contributed by atoms with Crippen molar-refractivity contribution in [2.45, 2.75) is 13.0 Å². The van der Waals surface area contributed by atoms with E-state index < -0.39 is 5.97 Å². The number of carboxylic acids is 1. The summed E-state index contributed by atoms with van der Waals surface area (Å²) in [6.07, 6.45) is 0. The van der Waals surface area contributed by atoms with Gasteiger partial charge in [0.2, 0.25) is 0 Å². The summed E-state index contributed by atoms with van der Waals surface area (Å²) < 4.78 is 0. The highest BCUT2D eigenvalue weighted by molar-refractivity contribution is 7.15. The van der Waals surface area contributed by atoms with E-state index in [2.05, 4.69) is 0 Å². The van der Waals surface area contributed by atoms with E-state index in [9.17, 15) is 9.59 Å². The van der Waals surface area contributed by atoms with Crippen LogP contribution >= 0.6 is 22.7 Å². The van der Waals surface area contributed by atoms with Gasteiger partial charge in [0.05, 0.1) is 10.9 Å². The number of hydrogen-bond donors (Lipinski definition) is 1. The molecule has 4 nitrogen and oxygen atoms in total. The Kier molecular flexibility index (Phi) is 4.01. The van der Waals surface area contributed by atoms with Crippen LogP contribution in [0.4, 0.5) is 0 Å². The predicted molar refractivity (Wildman–Crippen MR) is 76.1 cm³/mol. The summed E-state index contributed by atoms with van der Waals surface area (Å²) in [5.74, 6) is -1.16. The summed E-state index contributed by atoms with van der Waals surface area (Å²) in [4.78, 5) is 26.4. The number of carbonyl (C=O) groups excluding carboxylic acids is 1. The van der Waals surface area contributed by atoms with Gasteiger partial charge in [-0.2, -0.15) is 0 Å². The Labute approximate surface area is 118 Å². The van der Waals surface area contributed by atoms with Gasteiger partial charge in [-0.15, -0.1) is 22.7 Å². The molecule has 1 unspecified atom stereocenters. The number of carboxylic acid groups (broad SMARTS) is 1. The third-order valence-corrected chi connectivity index (χ3v) is 4.99. The second kappa shape index (κ2) is 5.54. The first-order valence-corrected chi connectivity index (χ1v) is 7.34. The van der Waals surface area contributed by atoms with Crippen molar-refractivity contribution in [3.63, 3.8) is 0 Å². The van der Waals surface area contributed by atoms with Crippen LogP contribution in [0.1, 0.15) is 37.2 Å². The first kappa shape index (κ1) is 13.8. The topological polar surface area (TPSA) is 57.6 Å². The standard InChI is InChI=1S/C13H13NO3S2/c1-8(9-4-3-7-18-9)14(2)12(15)10-5-6-11(19-10)13(16)17/h3-8H,1-2H3,(H,16,17). The van der Waals surface area contributed by atoms with Gasteiger partial charge in [0.1, 0.15) is 4.88 Å². The molecule has 1 atom stereocenters. The smallest absolute Gasteiger partial charge is 0.345 e. The summed E-state index contributed by atoms with van der Waals surface area (Å²) in [5, 5.41) is 10.8. The zero-order valence-corrected chi connectivity index (χ0v) is 12.1. The van der Waals surface area contributed by atoms with Gasteiger partial charge in [0, 0.05) is 11.9 Å². The lowest BCUT2D eigenvalue weighted by Crippen LogP contribution is -2.28. The summed E-state index contributed by atoms with van der Waals surface area (Å²) in [6.45, 7) is 1.95. The van der Waals surface area contributed by atoms with Crippen LogP contribution in [0.2, 0.25) is 0 Å². The molecule has 2 aromatic rings. The molecule has 2 aromatic heterocycles. The number of thiophene rings is 2. The lowest BCUT2D eigenvalue weighted by atomic mass is 10.2. The molecule has 0 bridgehead atoms. The molecule has 1 N–H and O–H groups in total. The summed E-state index contributed by atoms with van der Waals surface area (Å²) in [7, 11) is 1.73. The predicted octanol–water partition coefficient (Wildman–Crippen LogP) is 3.34. The van der Waals surface area contributed by atoms with Gasteiger partial charge in [-0.1, -0.05) is 6.07 Å². The first-order chi connectivity index (χ1) is 9.00. The molecule has 0 aliphatic rings. The molecule has 0 spiro atoms. The third-order valence-electron chi connectivity index (χ3n) is 2.88. The Morgan fingerprint density at radius 1 is 1.26 bits per heavy atom. The van der Waals surface area contributed by atoms with Crippen molar-refractivity contribution in [2.24, 2.45) is 0 Å². The lowest BCUT2D eigenvalue weighted by Gasteiger charge is -2.23. The van der Waals surface area contributed by atoms with Crippen molar-refractivity contribution in [3.05, 3.63) is 44.3 Å². The van der Waals surface area contributed by atoms with Crippen LogP contribution in [0.25, 0.3) is 0 Å². The maximum atomic E-state index is 12.3. The normalized spacial score (nSPS) is 12.1. The minimum Gasteiger partial charge on any atom is -0.477 e. The quantitative estimate of drug-likeness (QED) is 0.941. The van der Waals surface area contributed by atoms with E-state index in [4.69, 9.17) is 5.11 Å². The van der Waals surface area contributed by atoms with Gasteiger partial charge in [0.15, 0.2) is 0 Å². The lowest BCUT2D eigenvalue weighted by molar-refractivity contribution is 0.0701. The highest BCUT2D eigenvalue weighted by Gasteiger charge is 2.21. The molecular formula is C13H13NO3S2. The van der Waals surface area contributed by atoms with E-state index >= 15 is 0 Å². The fourth-order valence-corrected chi connectivity index (χ4v) is 3.29. The fourth-order valence-electron chi connectivity index (χ4n) is 1.64. The molecule has 0 radical (unpaired) electrons. The van der Waals surface area contributed by atoms with Crippen molar-refractivity contribution >= 4 is 34.6 Å². The molecule has 2 heterocycles. The van der Waals surface area contributed by atoms with Gasteiger partial charge in [-0.05, 0) is 30.5 Å². The minimum absolute atomic E-state index is 0.0251. The van der Waals surface area contributed by atoms with Crippen molar-refractivity contribution in [3.8, 4) is 0 Å². The highest BCUT2D eigenvalue weighted by atomic mass is 32.1. The number of amides is 1. The van der Waals surface area contributed by atoms with Crippen LogP contribution in [0.15, 0.2) is 29.6 Å². The molecule has 6 heteroatoms. The molecule has 1 amide bonds. The number of nitrogens with zero attached hydrogens (tertiary/aromatic N) is 1. The zero-order valence-electron chi connectivity index (χ0n) is 10.5. The number of hydrogen-bond acceptors (Lipinski definition) is 4. The van der Waals surface area contributed by atoms with E-state index in [1.165, 1.54) is 6.07 Å². The van der Waals surface area contributed by atoms with Crippen LogP contribution in [-0.2, 0) is 0 Å². The van der Waals surface area contributed by atoms with Gasteiger partial charge in [0.25, 0.3) is 5.91 Å². The highest BCUT2D eigenvalue weighted by Crippen LogP contribution is 2.26. The molecule has 0 aromatic carbocycles. The molecule has 100 valence electrons. The average molecular weight is 295 g/mol. The molecule has 0 saturated heterocycles. The Bertz CT molecular complexity index is 589. The third kappa shape index (κ3) is 2.85. The van der Waals surface area contributed by atoms with E-state index in [1.807, 2.05) is 24.4 Å². The maximum Gasteiger partial charge on any atom is 0.345 e. The van der Waals surface area contributed by atoms with E-state index in [0.717, 1.165) is 16.2 Å². The summed E-state index contributed by atoms with van der Waals surface area (Å²) in [5.41, 5.74) is 0. The second-order valence-electron chi connectivity index (χ2n) is 4.08. The monoisotopic (exact) mass is 295 g/mol. The zero-order chi connectivity index (χ0) is 14.0. The molecule has 0 fully saturated rings. The van der Waals surface area contributed by atoms with Crippen LogP contribution in [-0.4, -0.2) is 28.9 Å². The largest absolute Gasteiger partial charge is 0.477 e. The minimum atomic E-state index is -1.00. The van der Waals surface area contributed by atoms with Crippen molar-refractivity contribution in [1.29, 1.82) is 0 Å². The summed E-state index contributed by atoms with van der Waals surface area (Å²) >= 11 is 2.60. The average Bonchev–Trinajstić information content (AvgIpc) is 3.06. The Hall–Kier alpha value is -1.66. The molecule has 2 rings (SSSR count). The molecular weight excluding hydrogens is 282 g/mol. The molecule has 0 saturated carbocycles. The van der Waals surface area contributed by atoms with Gasteiger partial charge in [-0.25, -0.2) is 4.79 Å². The SMILES string of the molecule is CC(c1cccs1)N(C)C(=O)c1ccc(C(=O)O)s1. The Balaban J connectivity index is 2.16. The fraction of sp³-hybridized carbons (Fsp3) is 0.231. The van der Waals surface area contributed by atoms with Crippen LogP contribution < -0.4 is 0 Å². The number of rotatable bonds is 4. The van der Waals surface area contributed by atoms with Gasteiger partial charge >= 0.3 is 5.97 Å². The van der Waals surface area contributed by atoms with Crippen molar-refractivity contribution in [2.75, 3.05) is 7.05 Å². The van der Waals surface area contributed by atoms with Gasteiger partial charge in [-0.3, -0.25) is 4.79 Å². The Morgan fingerprint density at radius 3 is 2.47 bits per heavy atom. The van der Waals surface area contributed by atoms with E-state index in [1.54, 1.807) is 29.4 Å². The molecule has 19 heavy (non-hydrogen) atoms. The van der Waals surface area contributed by atoms with Gasteiger partial charge < -0.3 is 10.0 Å².